The Bertz CT molecular complexity index is 2490. The molecule has 0 radical (unpaired) electrons. The van der Waals surface area contributed by atoms with Crippen LogP contribution >= 0.6 is 8.37 Å². The second-order valence-electron chi connectivity index (χ2n) is 16.5. The second kappa shape index (κ2) is 12.4. The van der Waals surface area contributed by atoms with Crippen molar-refractivity contribution in [1.82, 2.24) is 19.1 Å². The van der Waals surface area contributed by atoms with Gasteiger partial charge in [-0.05, 0) is 87.4 Å². The van der Waals surface area contributed by atoms with E-state index in [9.17, 15) is 0 Å². The molecule has 2 bridgehead atoms. The number of aromatic nitrogens is 2. The van der Waals surface area contributed by atoms with E-state index < -0.39 is 8.37 Å². The SMILES string of the molecule is CC(C)(C)c1ccc2c(c1)c1cc(C(C)(C)C)cc3c1n2P1NC3C2=C(C=CCC2)NC/C=C(c2ccccc2)\C=C\Nc2c3ccccc3cn21. The Kier molecular flexibility index (Phi) is 7.88. The summed E-state index contributed by atoms with van der Waals surface area (Å²) in [5.74, 6) is 1.10. The first-order chi connectivity index (χ1) is 25.1. The number of hydrogen-bond acceptors (Lipinski definition) is 3. The van der Waals surface area contributed by atoms with Gasteiger partial charge in [0.2, 0.25) is 0 Å². The molecule has 5 nitrogen and oxygen atoms in total. The van der Waals surface area contributed by atoms with Crippen molar-refractivity contribution in [1.29, 1.82) is 0 Å². The molecule has 0 saturated carbocycles. The highest BCUT2D eigenvalue weighted by Gasteiger charge is 2.37. The molecule has 0 spiro atoms. The van der Waals surface area contributed by atoms with Crippen molar-refractivity contribution in [2.24, 2.45) is 0 Å². The third-order valence-electron chi connectivity index (χ3n) is 11.0. The predicted molar refractivity (Wildman–Crippen MR) is 223 cm³/mol. The topological polar surface area (TPSA) is 46.0 Å². The van der Waals surface area contributed by atoms with Crippen molar-refractivity contribution in [2.45, 2.75) is 71.3 Å². The smallest absolute Gasteiger partial charge is 0.186 e. The minimum atomic E-state index is -1.14. The molecule has 3 N–H and O–H groups in total. The van der Waals surface area contributed by atoms with Crippen LogP contribution in [0.2, 0.25) is 0 Å². The molecule has 9 rings (SSSR count). The van der Waals surface area contributed by atoms with E-state index in [2.05, 4.69) is 188 Å². The van der Waals surface area contributed by atoms with E-state index in [-0.39, 0.29) is 16.9 Å². The zero-order valence-corrected chi connectivity index (χ0v) is 32.0. The molecule has 0 amide bonds. The van der Waals surface area contributed by atoms with Gasteiger partial charge in [-0.1, -0.05) is 120 Å². The summed E-state index contributed by atoms with van der Waals surface area (Å²) in [6, 6.07) is 31.7. The number of nitrogens with one attached hydrogen (secondary N) is 3. The zero-order valence-electron chi connectivity index (χ0n) is 31.1. The molecule has 2 aliphatic heterocycles. The van der Waals surface area contributed by atoms with E-state index in [0.29, 0.717) is 0 Å². The van der Waals surface area contributed by atoms with Gasteiger partial charge >= 0.3 is 0 Å². The fourth-order valence-corrected chi connectivity index (χ4v) is 10.5. The summed E-state index contributed by atoms with van der Waals surface area (Å²) in [5.41, 5.74) is 11.8. The summed E-state index contributed by atoms with van der Waals surface area (Å²) in [6.07, 6.45) is 15.7. The number of nitrogens with zero attached hydrogens (tertiary/aromatic N) is 2. The van der Waals surface area contributed by atoms with Gasteiger partial charge in [-0.25, -0.2) is 5.09 Å². The summed E-state index contributed by atoms with van der Waals surface area (Å²) >= 11 is 0. The second-order valence-corrected chi connectivity index (χ2v) is 18.2. The van der Waals surface area contributed by atoms with Crippen molar-refractivity contribution in [2.75, 3.05) is 11.9 Å². The molecule has 2 aromatic heterocycles. The number of anilines is 1. The Hall–Kier alpha value is -4.83. The molecule has 6 heteroatoms. The minimum Gasteiger partial charge on any atom is -0.382 e. The highest BCUT2D eigenvalue weighted by Crippen LogP contribution is 2.56. The van der Waals surface area contributed by atoms with Gasteiger partial charge in [-0.15, -0.1) is 0 Å². The summed E-state index contributed by atoms with van der Waals surface area (Å²) < 4.78 is 5.14. The number of allylic oxidation sites excluding steroid dienone is 4. The molecule has 2 unspecified atom stereocenters. The van der Waals surface area contributed by atoms with Crippen molar-refractivity contribution in [3.63, 3.8) is 0 Å². The Morgan fingerprint density at radius 3 is 2.35 bits per heavy atom. The molecule has 0 fully saturated rings. The molecular weight excluding hydrogens is 654 g/mol. The van der Waals surface area contributed by atoms with Crippen LogP contribution in [0.5, 0.6) is 0 Å². The summed E-state index contributed by atoms with van der Waals surface area (Å²) in [7, 11) is -1.14. The average molecular weight is 702 g/mol. The molecule has 0 saturated heterocycles. The van der Waals surface area contributed by atoms with Crippen LogP contribution < -0.4 is 15.7 Å². The predicted octanol–water partition coefficient (Wildman–Crippen LogP) is 11.8. The number of benzene rings is 4. The van der Waals surface area contributed by atoms with E-state index in [4.69, 9.17) is 0 Å². The molecular formula is C46H48N5P. The average Bonchev–Trinajstić information content (AvgIpc) is 3.67. The molecule has 262 valence electrons. The Balaban J connectivity index is 1.38. The first kappa shape index (κ1) is 33.0. The van der Waals surface area contributed by atoms with E-state index in [1.54, 1.807) is 0 Å². The van der Waals surface area contributed by atoms with Crippen LogP contribution in [0.15, 0.2) is 133 Å². The Morgan fingerprint density at radius 2 is 1.54 bits per heavy atom. The number of rotatable bonds is 1. The third-order valence-corrected chi connectivity index (χ3v) is 13.0. The van der Waals surface area contributed by atoms with Crippen LogP contribution in [0.25, 0.3) is 38.2 Å². The van der Waals surface area contributed by atoms with E-state index in [1.165, 1.54) is 71.7 Å². The molecule has 2 atom stereocenters. The highest BCUT2D eigenvalue weighted by molar-refractivity contribution is 7.53. The molecule has 52 heavy (non-hydrogen) atoms. The van der Waals surface area contributed by atoms with Crippen molar-refractivity contribution in [3.05, 3.63) is 155 Å². The van der Waals surface area contributed by atoms with Crippen LogP contribution in [0.1, 0.15) is 82.7 Å². The standard InChI is InChI=1S/C46H48N5P/c1-45(2,3)33-20-21-41-37(26-33)38-27-34(46(4,5)6)28-39-42-36-18-12-13-19-40(36)47-24-22-31(30-14-8-7-9-15-30)23-25-48-44-35-17-11-10-16-32(35)29-50(44)52(49-42)51(41)43(38)39/h7-11,13-17,19-23,25-29,42,47-49H,12,18,24H2,1-6H3/b25-23+,31-22+. The monoisotopic (exact) mass is 701 g/mol. The van der Waals surface area contributed by atoms with Crippen LogP contribution in [-0.4, -0.2) is 15.2 Å². The van der Waals surface area contributed by atoms with Crippen molar-refractivity contribution in [3.8, 4) is 0 Å². The van der Waals surface area contributed by atoms with E-state index in [1.807, 2.05) is 0 Å². The summed E-state index contributed by atoms with van der Waals surface area (Å²) in [5, 5.41) is 17.2. The lowest BCUT2D eigenvalue weighted by Gasteiger charge is -2.38. The molecule has 4 heterocycles. The van der Waals surface area contributed by atoms with Gasteiger partial charge in [-0.3, -0.25) is 8.68 Å². The number of fused-ring (bicyclic) bond motifs is 12. The first-order valence-corrected chi connectivity index (χ1v) is 19.9. The molecule has 1 aliphatic carbocycles. The summed E-state index contributed by atoms with van der Waals surface area (Å²) in [6.45, 7) is 14.7. The van der Waals surface area contributed by atoms with Gasteiger partial charge in [0.25, 0.3) is 0 Å². The van der Waals surface area contributed by atoms with E-state index >= 15 is 0 Å². The molecule has 4 aromatic carbocycles. The zero-order chi connectivity index (χ0) is 35.8. The summed E-state index contributed by atoms with van der Waals surface area (Å²) in [4.78, 5) is 0. The quantitative estimate of drug-likeness (QED) is 0.150. The van der Waals surface area contributed by atoms with Crippen LogP contribution in [0.3, 0.4) is 0 Å². The maximum Gasteiger partial charge on any atom is 0.186 e. The molecule has 6 aromatic rings. The van der Waals surface area contributed by atoms with Crippen LogP contribution in [0, 0.1) is 0 Å². The Morgan fingerprint density at radius 1 is 0.769 bits per heavy atom. The van der Waals surface area contributed by atoms with Gasteiger partial charge in [0, 0.05) is 46.2 Å². The third kappa shape index (κ3) is 5.54. The van der Waals surface area contributed by atoms with E-state index in [0.717, 1.165) is 25.2 Å². The lowest BCUT2D eigenvalue weighted by atomic mass is 9.82. The largest absolute Gasteiger partial charge is 0.382 e. The van der Waals surface area contributed by atoms with Gasteiger partial charge in [0.05, 0.1) is 17.1 Å². The normalized spacial score (nSPS) is 20.8. The van der Waals surface area contributed by atoms with Crippen LogP contribution in [-0.2, 0) is 10.8 Å². The Labute approximate surface area is 308 Å². The van der Waals surface area contributed by atoms with Crippen LogP contribution in [0.4, 0.5) is 5.82 Å². The highest BCUT2D eigenvalue weighted by atomic mass is 31.1. The van der Waals surface area contributed by atoms with Gasteiger partial charge < -0.3 is 10.6 Å². The maximum atomic E-state index is 4.36. The minimum absolute atomic E-state index is 0.00732. The van der Waals surface area contributed by atoms with Gasteiger partial charge in [-0.2, -0.15) is 0 Å². The maximum absolute atomic E-state index is 4.36. The number of hydrogen-bond donors (Lipinski definition) is 3. The van der Waals surface area contributed by atoms with Gasteiger partial charge in [0.1, 0.15) is 5.82 Å². The lowest BCUT2D eigenvalue weighted by molar-refractivity contribution is 0.587. The van der Waals surface area contributed by atoms with Crippen molar-refractivity contribution >= 4 is 52.3 Å². The molecule has 3 aliphatic rings. The lowest BCUT2D eigenvalue weighted by Crippen LogP contribution is -2.31. The fraction of sp³-hybridized carbons (Fsp3) is 0.261. The van der Waals surface area contributed by atoms with Crippen molar-refractivity contribution < 1.29 is 0 Å². The fourth-order valence-electron chi connectivity index (χ4n) is 8.13. The first-order valence-electron chi connectivity index (χ1n) is 18.7. The van der Waals surface area contributed by atoms with Gasteiger partial charge in [0.15, 0.2) is 8.37 Å².